The molecule has 1 saturated carbocycles. The van der Waals surface area contributed by atoms with Gasteiger partial charge in [-0.3, -0.25) is 0 Å². The average molecular weight is 285 g/mol. The number of hydrogen-bond donors (Lipinski definition) is 2. The number of hydrogen-bond acceptors (Lipinski definition) is 2. The van der Waals surface area contributed by atoms with Crippen LogP contribution >= 0.6 is 11.6 Å². The third-order valence-electron chi connectivity index (χ3n) is 4.43. The number of anilines is 1. The van der Waals surface area contributed by atoms with Crippen molar-refractivity contribution in [2.45, 2.75) is 38.6 Å². The number of halogens is 2. The van der Waals surface area contributed by atoms with Gasteiger partial charge in [-0.05, 0) is 49.3 Å². The van der Waals surface area contributed by atoms with Crippen molar-refractivity contribution < 1.29 is 4.39 Å². The molecule has 3 atom stereocenters. The fourth-order valence-corrected chi connectivity index (χ4v) is 3.21. The van der Waals surface area contributed by atoms with Crippen molar-refractivity contribution in [3.63, 3.8) is 0 Å². The molecule has 0 saturated heterocycles. The minimum atomic E-state index is -0.320. The summed E-state index contributed by atoms with van der Waals surface area (Å²) in [5.74, 6) is 1.02. The lowest BCUT2D eigenvalue weighted by Gasteiger charge is -2.43. The van der Waals surface area contributed by atoms with Gasteiger partial charge in [-0.1, -0.05) is 25.4 Å². The first-order valence-corrected chi connectivity index (χ1v) is 7.26. The molecule has 0 amide bonds. The zero-order chi connectivity index (χ0) is 14.0. The summed E-state index contributed by atoms with van der Waals surface area (Å²) in [7, 11) is 0. The Morgan fingerprint density at radius 3 is 2.68 bits per heavy atom. The first kappa shape index (κ1) is 14.6. The van der Waals surface area contributed by atoms with E-state index in [1.54, 1.807) is 6.07 Å². The Morgan fingerprint density at radius 1 is 1.37 bits per heavy atom. The quantitative estimate of drug-likeness (QED) is 0.879. The minimum absolute atomic E-state index is 0.136. The van der Waals surface area contributed by atoms with Crippen LogP contribution in [0.1, 0.15) is 33.1 Å². The second-order valence-corrected chi connectivity index (χ2v) is 6.40. The summed E-state index contributed by atoms with van der Waals surface area (Å²) in [4.78, 5) is 0. The molecular formula is C15H22ClFN2. The maximum absolute atomic E-state index is 13.4. The standard InChI is InChI=1S/C15H22ClFN2/c1-10-3-4-15(9-18,8-11(10)2)19-14-6-12(16)5-13(17)7-14/h5-7,10-11,19H,3-4,8-9,18H2,1-2H3. The average Bonchev–Trinajstić information content (AvgIpc) is 2.33. The van der Waals surface area contributed by atoms with E-state index in [1.165, 1.54) is 12.1 Å². The molecule has 1 aliphatic rings. The van der Waals surface area contributed by atoms with E-state index in [4.69, 9.17) is 17.3 Å². The van der Waals surface area contributed by atoms with Crippen molar-refractivity contribution in [3.05, 3.63) is 29.0 Å². The van der Waals surface area contributed by atoms with Gasteiger partial charge in [-0.15, -0.1) is 0 Å². The Morgan fingerprint density at radius 2 is 2.11 bits per heavy atom. The van der Waals surface area contributed by atoms with Crippen LogP contribution in [0.25, 0.3) is 0 Å². The molecule has 1 aliphatic carbocycles. The van der Waals surface area contributed by atoms with Gasteiger partial charge in [0.2, 0.25) is 0 Å². The molecule has 3 unspecified atom stereocenters. The Bertz CT molecular complexity index is 432. The summed E-state index contributed by atoms with van der Waals surface area (Å²) in [5, 5.41) is 3.84. The largest absolute Gasteiger partial charge is 0.378 e. The van der Waals surface area contributed by atoms with Gasteiger partial charge in [0, 0.05) is 22.8 Å². The highest BCUT2D eigenvalue weighted by Gasteiger charge is 2.36. The predicted octanol–water partition coefficient (Wildman–Crippen LogP) is 4.04. The predicted molar refractivity (Wildman–Crippen MR) is 79.0 cm³/mol. The zero-order valence-electron chi connectivity index (χ0n) is 11.5. The molecule has 2 rings (SSSR count). The van der Waals surface area contributed by atoms with Crippen LogP contribution in [-0.4, -0.2) is 12.1 Å². The number of nitrogens with two attached hydrogens (primary N) is 1. The van der Waals surface area contributed by atoms with E-state index in [-0.39, 0.29) is 11.4 Å². The number of nitrogens with one attached hydrogen (secondary N) is 1. The molecule has 0 aromatic heterocycles. The SMILES string of the molecule is CC1CCC(CN)(Nc2cc(F)cc(Cl)c2)CC1C. The fourth-order valence-electron chi connectivity index (χ4n) is 2.99. The first-order valence-electron chi connectivity index (χ1n) is 6.88. The van der Waals surface area contributed by atoms with Crippen LogP contribution in [0.2, 0.25) is 5.02 Å². The topological polar surface area (TPSA) is 38.0 Å². The highest BCUT2D eigenvalue weighted by Crippen LogP contribution is 2.38. The molecule has 0 heterocycles. The second-order valence-electron chi connectivity index (χ2n) is 5.96. The number of benzene rings is 1. The summed E-state index contributed by atoms with van der Waals surface area (Å²) in [6, 6.07) is 4.55. The highest BCUT2D eigenvalue weighted by molar-refractivity contribution is 6.30. The molecule has 0 radical (unpaired) electrons. The minimum Gasteiger partial charge on any atom is -0.378 e. The Hall–Kier alpha value is -0.800. The van der Waals surface area contributed by atoms with Crippen LogP contribution in [0.15, 0.2) is 18.2 Å². The van der Waals surface area contributed by atoms with Gasteiger partial charge >= 0.3 is 0 Å². The molecule has 0 aliphatic heterocycles. The van der Waals surface area contributed by atoms with Gasteiger partial charge < -0.3 is 11.1 Å². The molecule has 1 aromatic rings. The van der Waals surface area contributed by atoms with Gasteiger partial charge in [0.05, 0.1) is 0 Å². The van der Waals surface area contributed by atoms with Crippen LogP contribution in [0.5, 0.6) is 0 Å². The van der Waals surface area contributed by atoms with E-state index in [0.29, 0.717) is 17.5 Å². The van der Waals surface area contributed by atoms with Crippen molar-refractivity contribution in [2.75, 3.05) is 11.9 Å². The Balaban J connectivity index is 2.18. The summed E-state index contributed by atoms with van der Waals surface area (Å²) in [6.45, 7) is 5.09. The van der Waals surface area contributed by atoms with E-state index in [2.05, 4.69) is 19.2 Å². The normalized spacial score (nSPS) is 31.2. The lowest BCUT2D eigenvalue weighted by Crippen LogP contribution is -2.50. The summed E-state index contributed by atoms with van der Waals surface area (Å²) < 4.78 is 13.4. The molecule has 0 bridgehead atoms. The van der Waals surface area contributed by atoms with E-state index in [0.717, 1.165) is 30.9 Å². The van der Waals surface area contributed by atoms with Crippen molar-refractivity contribution in [2.24, 2.45) is 17.6 Å². The molecule has 4 heteroatoms. The van der Waals surface area contributed by atoms with E-state index in [9.17, 15) is 4.39 Å². The maximum atomic E-state index is 13.4. The van der Waals surface area contributed by atoms with E-state index < -0.39 is 0 Å². The van der Waals surface area contributed by atoms with E-state index >= 15 is 0 Å². The van der Waals surface area contributed by atoms with Gasteiger partial charge in [-0.25, -0.2) is 4.39 Å². The zero-order valence-corrected chi connectivity index (χ0v) is 12.3. The lowest BCUT2D eigenvalue weighted by atomic mass is 9.71. The third-order valence-corrected chi connectivity index (χ3v) is 4.64. The number of rotatable bonds is 3. The highest BCUT2D eigenvalue weighted by atomic mass is 35.5. The van der Waals surface area contributed by atoms with E-state index in [1.807, 2.05) is 0 Å². The fraction of sp³-hybridized carbons (Fsp3) is 0.600. The van der Waals surface area contributed by atoms with Crippen LogP contribution < -0.4 is 11.1 Å². The van der Waals surface area contributed by atoms with Crippen molar-refractivity contribution in [1.29, 1.82) is 0 Å². The van der Waals surface area contributed by atoms with Gasteiger partial charge in [0.15, 0.2) is 0 Å². The third kappa shape index (κ3) is 3.40. The Labute approximate surface area is 119 Å². The van der Waals surface area contributed by atoms with Crippen LogP contribution in [0, 0.1) is 17.7 Å². The van der Waals surface area contributed by atoms with Crippen LogP contribution in [0.4, 0.5) is 10.1 Å². The monoisotopic (exact) mass is 284 g/mol. The molecular weight excluding hydrogens is 263 g/mol. The van der Waals surface area contributed by atoms with Gasteiger partial charge in [0.1, 0.15) is 5.82 Å². The van der Waals surface area contributed by atoms with Crippen LogP contribution in [0.3, 0.4) is 0 Å². The van der Waals surface area contributed by atoms with Gasteiger partial charge in [0.25, 0.3) is 0 Å². The van der Waals surface area contributed by atoms with Gasteiger partial charge in [-0.2, -0.15) is 0 Å². The maximum Gasteiger partial charge on any atom is 0.126 e. The molecule has 3 N–H and O–H groups in total. The van der Waals surface area contributed by atoms with Crippen LogP contribution in [-0.2, 0) is 0 Å². The molecule has 2 nitrogen and oxygen atoms in total. The molecule has 19 heavy (non-hydrogen) atoms. The summed E-state index contributed by atoms with van der Waals surface area (Å²) in [5.41, 5.74) is 6.56. The van der Waals surface area contributed by atoms with Crippen molar-refractivity contribution in [3.8, 4) is 0 Å². The molecule has 106 valence electrons. The van der Waals surface area contributed by atoms with Crippen molar-refractivity contribution in [1.82, 2.24) is 0 Å². The molecule has 0 spiro atoms. The smallest absolute Gasteiger partial charge is 0.126 e. The Kier molecular flexibility index (Phi) is 4.36. The molecule has 1 aromatic carbocycles. The summed E-state index contributed by atoms with van der Waals surface area (Å²) in [6.07, 6.45) is 3.18. The summed E-state index contributed by atoms with van der Waals surface area (Å²) >= 11 is 5.90. The first-order chi connectivity index (χ1) is 8.94. The van der Waals surface area contributed by atoms with Crippen molar-refractivity contribution >= 4 is 17.3 Å². The lowest BCUT2D eigenvalue weighted by molar-refractivity contribution is 0.196. The molecule has 1 fully saturated rings. The second kappa shape index (κ2) is 5.68.